The van der Waals surface area contributed by atoms with Crippen molar-refractivity contribution in [2.45, 2.75) is 45.6 Å². The van der Waals surface area contributed by atoms with Gasteiger partial charge in [-0.1, -0.05) is 4.49 Å². The Hall–Kier alpha value is -2.85. The zero-order valence-electron chi connectivity index (χ0n) is 19.3. The molecule has 1 aliphatic rings. The summed E-state index contributed by atoms with van der Waals surface area (Å²) in [5, 5.41) is 8.63. The summed E-state index contributed by atoms with van der Waals surface area (Å²) >= 11 is 3.01. The molecule has 3 aromatic heterocycles. The quantitative estimate of drug-likeness (QED) is 0.446. The van der Waals surface area contributed by atoms with Crippen molar-refractivity contribution in [1.29, 1.82) is 0 Å². The number of nitrogens with one attached hydrogen (secondary N) is 1. The number of thiophene rings is 1. The van der Waals surface area contributed by atoms with Crippen LogP contribution in [0.2, 0.25) is 0 Å². The summed E-state index contributed by atoms with van der Waals surface area (Å²) in [6, 6.07) is 3.87. The number of aromatic nitrogens is 4. The fraction of sp³-hybridized carbons (Fsp3) is 0.435. The number of ether oxygens (including phenoxy) is 1. The minimum absolute atomic E-state index is 0.000449. The molecule has 1 N–H and O–H groups in total. The molecule has 0 saturated carbocycles. The summed E-state index contributed by atoms with van der Waals surface area (Å²) in [4.78, 5) is 26.3. The number of anilines is 2. The van der Waals surface area contributed by atoms with Crippen LogP contribution in [-0.4, -0.2) is 50.1 Å². The highest BCUT2D eigenvalue weighted by Crippen LogP contribution is 2.42. The van der Waals surface area contributed by atoms with Crippen LogP contribution < -0.4 is 10.1 Å². The molecular formula is C23H26N6O2S2. The lowest BCUT2D eigenvalue weighted by molar-refractivity contribution is -0.138. The van der Waals surface area contributed by atoms with Crippen LogP contribution in [0.5, 0.6) is 5.75 Å². The predicted octanol–water partition coefficient (Wildman–Crippen LogP) is 4.81. The third-order valence-corrected chi connectivity index (χ3v) is 8.20. The van der Waals surface area contributed by atoms with Crippen LogP contribution in [0.25, 0.3) is 20.4 Å². The Morgan fingerprint density at radius 3 is 2.85 bits per heavy atom. The van der Waals surface area contributed by atoms with E-state index in [9.17, 15) is 4.79 Å². The summed E-state index contributed by atoms with van der Waals surface area (Å²) in [5.74, 6) is 1.65. The van der Waals surface area contributed by atoms with E-state index >= 15 is 0 Å². The molecule has 1 atom stereocenters. The number of hydrogen-bond acceptors (Lipinski definition) is 9. The summed E-state index contributed by atoms with van der Waals surface area (Å²) in [5.41, 5.74) is 2.68. The van der Waals surface area contributed by atoms with E-state index in [0.29, 0.717) is 5.75 Å². The minimum Gasteiger partial charge on any atom is -0.494 e. The maximum absolute atomic E-state index is 13.1. The molecule has 1 aromatic carbocycles. The molecule has 3 heterocycles. The largest absolute Gasteiger partial charge is 0.494 e. The fourth-order valence-corrected chi connectivity index (χ4v) is 6.07. The second-order valence-electron chi connectivity index (χ2n) is 9.33. The first-order chi connectivity index (χ1) is 15.8. The van der Waals surface area contributed by atoms with Crippen molar-refractivity contribution in [1.82, 2.24) is 24.5 Å². The van der Waals surface area contributed by atoms with E-state index in [0.717, 1.165) is 51.2 Å². The number of aryl methyl sites for hydroxylation is 1. The Morgan fingerprint density at radius 2 is 2.09 bits per heavy atom. The SMILES string of the molecule is COc1cc2nnsc2cc1Nc1ncnc2sc3c(c12)CC[C@H](C(=O)N(C)C(C)(C)C)C3. The molecule has 0 fully saturated rings. The Labute approximate surface area is 200 Å². The summed E-state index contributed by atoms with van der Waals surface area (Å²) in [7, 11) is 3.54. The molecule has 33 heavy (non-hydrogen) atoms. The standard InChI is InChI=1S/C23H26N6O2S2/c1-23(2,3)29(4)22(30)12-6-7-13-17(8-12)32-21-19(13)20(24-11-25-21)26-14-10-18-15(27-28-33-18)9-16(14)31-5/h9-12H,6-8H2,1-5H3,(H,24,25,26)/t12-/m0/s1. The lowest BCUT2D eigenvalue weighted by Crippen LogP contribution is -2.46. The topological polar surface area (TPSA) is 93.1 Å². The highest BCUT2D eigenvalue weighted by Gasteiger charge is 2.33. The predicted molar refractivity (Wildman–Crippen MR) is 133 cm³/mol. The van der Waals surface area contributed by atoms with Gasteiger partial charge in [0.15, 0.2) is 0 Å². The summed E-state index contributed by atoms with van der Waals surface area (Å²) in [6.07, 6.45) is 3.99. The first-order valence-electron chi connectivity index (χ1n) is 10.9. The highest BCUT2D eigenvalue weighted by molar-refractivity contribution is 7.19. The average Bonchev–Trinajstić information content (AvgIpc) is 3.40. The maximum atomic E-state index is 13.1. The lowest BCUT2D eigenvalue weighted by Gasteiger charge is -2.35. The molecule has 4 aromatic rings. The van der Waals surface area contributed by atoms with Crippen molar-refractivity contribution in [3.63, 3.8) is 0 Å². The summed E-state index contributed by atoms with van der Waals surface area (Å²) < 4.78 is 10.6. The number of carbonyl (C=O) groups excluding carboxylic acids is 1. The Morgan fingerprint density at radius 1 is 1.27 bits per heavy atom. The van der Waals surface area contributed by atoms with Crippen LogP contribution in [0.4, 0.5) is 11.5 Å². The van der Waals surface area contributed by atoms with Gasteiger partial charge in [0.25, 0.3) is 0 Å². The van der Waals surface area contributed by atoms with Crippen LogP contribution in [0.15, 0.2) is 18.5 Å². The van der Waals surface area contributed by atoms with Crippen LogP contribution in [-0.2, 0) is 17.6 Å². The van der Waals surface area contributed by atoms with E-state index in [1.54, 1.807) is 24.8 Å². The van der Waals surface area contributed by atoms with Gasteiger partial charge in [-0.25, -0.2) is 9.97 Å². The van der Waals surface area contributed by atoms with E-state index < -0.39 is 0 Å². The Bertz CT molecular complexity index is 1360. The summed E-state index contributed by atoms with van der Waals surface area (Å²) in [6.45, 7) is 6.21. The zero-order chi connectivity index (χ0) is 23.3. The highest BCUT2D eigenvalue weighted by atomic mass is 32.1. The molecule has 5 rings (SSSR count). The molecule has 0 aliphatic heterocycles. The maximum Gasteiger partial charge on any atom is 0.226 e. The van der Waals surface area contributed by atoms with Gasteiger partial charge in [0.05, 0.1) is 22.9 Å². The van der Waals surface area contributed by atoms with Crippen molar-refractivity contribution < 1.29 is 9.53 Å². The molecule has 1 aliphatic carbocycles. The fourth-order valence-electron chi connectivity index (χ4n) is 4.22. The van der Waals surface area contributed by atoms with Crippen molar-refractivity contribution in [3.8, 4) is 5.75 Å². The second-order valence-corrected chi connectivity index (χ2v) is 11.2. The molecule has 172 valence electrons. The minimum atomic E-state index is -0.187. The van der Waals surface area contributed by atoms with Gasteiger partial charge in [-0.3, -0.25) is 4.79 Å². The average molecular weight is 483 g/mol. The van der Waals surface area contributed by atoms with Gasteiger partial charge < -0.3 is 15.0 Å². The van der Waals surface area contributed by atoms with Crippen molar-refractivity contribution in [2.75, 3.05) is 19.5 Å². The van der Waals surface area contributed by atoms with Gasteiger partial charge in [0.2, 0.25) is 5.91 Å². The van der Waals surface area contributed by atoms with Gasteiger partial charge in [0.1, 0.15) is 28.2 Å². The van der Waals surface area contributed by atoms with Crippen LogP contribution in [0.1, 0.15) is 37.6 Å². The van der Waals surface area contributed by atoms with E-state index in [1.165, 1.54) is 22.0 Å². The van der Waals surface area contributed by atoms with Crippen molar-refractivity contribution in [3.05, 3.63) is 28.9 Å². The van der Waals surface area contributed by atoms with Crippen LogP contribution in [0, 0.1) is 5.92 Å². The number of fused-ring (bicyclic) bond motifs is 4. The molecule has 0 unspecified atom stereocenters. The second kappa shape index (κ2) is 8.18. The molecule has 0 spiro atoms. The van der Waals surface area contributed by atoms with E-state index in [-0.39, 0.29) is 17.4 Å². The van der Waals surface area contributed by atoms with Crippen molar-refractivity contribution >= 4 is 60.7 Å². The molecule has 8 nitrogen and oxygen atoms in total. The molecular weight excluding hydrogens is 456 g/mol. The normalized spacial score (nSPS) is 16.1. The smallest absolute Gasteiger partial charge is 0.226 e. The van der Waals surface area contributed by atoms with E-state index in [1.807, 2.05) is 24.1 Å². The molecule has 10 heteroatoms. The molecule has 0 bridgehead atoms. The number of nitrogens with zero attached hydrogens (tertiary/aromatic N) is 5. The molecule has 1 amide bonds. The van der Waals surface area contributed by atoms with Gasteiger partial charge in [0, 0.05) is 29.4 Å². The van der Waals surface area contributed by atoms with E-state index in [2.05, 4.69) is 45.6 Å². The first kappa shape index (κ1) is 22.0. The number of hydrogen-bond donors (Lipinski definition) is 1. The van der Waals surface area contributed by atoms with Crippen LogP contribution in [0.3, 0.4) is 0 Å². The number of methoxy groups -OCH3 is 1. The molecule has 0 radical (unpaired) electrons. The number of carbonyl (C=O) groups is 1. The van der Waals surface area contributed by atoms with Crippen LogP contribution >= 0.6 is 22.9 Å². The zero-order valence-corrected chi connectivity index (χ0v) is 20.9. The molecule has 0 saturated heterocycles. The third-order valence-electron chi connectivity index (χ3n) is 6.35. The first-order valence-corrected chi connectivity index (χ1v) is 12.4. The third kappa shape index (κ3) is 3.91. The number of amides is 1. The number of benzene rings is 1. The van der Waals surface area contributed by atoms with Gasteiger partial charge in [-0.15, -0.1) is 16.4 Å². The number of rotatable bonds is 4. The van der Waals surface area contributed by atoms with Gasteiger partial charge in [-0.2, -0.15) is 0 Å². The monoisotopic (exact) mass is 482 g/mol. The van der Waals surface area contributed by atoms with E-state index in [4.69, 9.17) is 4.74 Å². The van der Waals surface area contributed by atoms with Crippen molar-refractivity contribution in [2.24, 2.45) is 5.92 Å². The lowest BCUT2D eigenvalue weighted by atomic mass is 9.86. The Balaban J connectivity index is 1.49. The van der Waals surface area contributed by atoms with Gasteiger partial charge >= 0.3 is 0 Å². The van der Waals surface area contributed by atoms with Gasteiger partial charge in [-0.05, 0) is 63.2 Å². The Kier molecular flexibility index (Phi) is 5.44.